The summed E-state index contributed by atoms with van der Waals surface area (Å²) in [6, 6.07) is 4.83. The first kappa shape index (κ1) is 25.5. The lowest BCUT2D eigenvalue weighted by molar-refractivity contribution is -0.149. The average molecular weight is 488 g/mol. The van der Waals surface area contributed by atoms with Gasteiger partial charge in [-0.15, -0.1) is 0 Å². The zero-order valence-corrected chi connectivity index (χ0v) is 19.1. The lowest BCUT2D eigenvalue weighted by Crippen LogP contribution is -2.60. The number of hydrogen-bond acceptors (Lipinski definition) is 7. The number of nitrogens with one attached hydrogen (secondary N) is 1. The van der Waals surface area contributed by atoms with E-state index in [0.29, 0.717) is 44.7 Å². The molecule has 2 amide bonds. The maximum absolute atomic E-state index is 13.6. The number of benzene rings is 1. The van der Waals surface area contributed by atoms with Crippen molar-refractivity contribution in [2.45, 2.75) is 31.9 Å². The van der Waals surface area contributed by atoms with Crippen LogP contribution >= 0.6 is 0 Å². The predicted molar refractivity (Wildman–Crippen MR) is 115 cm³/mol. The lowest BCUT2D eigenvalue weighted by Gasteiger charge is -2.40. The number of carbonyl (C=O) groups is 2. The zero-order chi connectivity index (χ0) is 23.8. The molecule has 2 aliphatic rings. The number of amides is 2. The highest BCUT2D eigenvalue weighted by Crippen LogP contribution is 2.29. The Morgan fingerprint density at radius 1 is 1.21 bits per heavy atom. The van der Waals surface area contributed by atoms with E-state index < -0.39 is 33.7 Å². The van der Waals surface area contributed by atoms with Gasteiger partial charge in [0.2, 0.25) is 15.9 Å². The molecular weight excluding hydrogens is 457 g/mol. The number of rotatable bonds is 9. The molecule has 0 radical (unpaired) electrons. The SMILES string of the molecule is O=C(NO)C1C(C(=O)N2CCOCC2)CCCN1S(=O)(=O)CCCOCc1ccccc1F. The van der Waals surface area contributed by atoms with Gasteiger partial charge >= 0.3 is 0 Å². The van der Waals surface area contributed by atoms with E-state index in [1.165, 1.54) is 11.5 Å². The normalized spacial score (nSPS) is 22.2. The molecule has 12 heteroatoms. The van der Waals surface area contributed by atoms with E-state index in [1.807, 2.05) is 0 Å². The third-order valence-electron chi connectivity index (χ3n) is 5.87. The molecule has 33 heavy (non-hydrogen) atoms. The topological polar surface area (TPSA) is 125 Å². The van der Waals surface area contributed by atoms with Crippen molar-refractivity contribution < 1.29 is 37.1 Å². The van der Waals surface area contributed by atoms with Gasteiger partial charge in [0.1, 0.15) is 11.9 Å². The van der Waals surface area contributed by atoms with Gasteiger partial charge in [0.25, 0.3) is 5.91 Å². The van der Waals surface area contributed by atoms with Gasteiger partial charge in [-0.05, 0) is 25.3 Å². The fourth-order valence-corrected chi connectivity index (χ4v) is 5.90. The van der Waals surface area contributed by atoms with Crippen LogP contribution in [0.25, 0.3) is 0 Å². The van der Waals surface area contributed by atoms with Gasteiger partial charge in [-0.1, -0.05) is 18.2 Å². The molecule has 0 spiro atoms. The molecule has 10 nitrogen and oxygen atoms in total. The van der Waals surface area contributed by atoms with Gasteiger partial charge in [-0.2, -0.15) is 4.31 Å². The number of halogens is 1. The number of hydroxylamine groups is 1. The number of nitrogens with zero attached hydrogens (tertiary/aromatic N) is 2. The van der Waals surface area contributed by atoms with Crippen LogP contribution in [0.2, 0.25) is 0 Å². The molecule has 2 heterocycles. The molecule has 184 valence electrons. The fraction of sp³-hybridized carbons (Fsp3) is 0.619. The summed E-state index contributed by atoms with van der Waals surface area (Å²) in [7, 11) is -3.93. The highest BCUT2D eigenvalue weighted by Gasteiger charge is 2.46. The van der Waals surface area contributed by atoms with Crippen molar-refractivity contribution in [3.8, 4) is 0 Å². The third-order valence-corrected chi connectivity index (χ3v) is 7.80. The molecule has 0 aromatic heterocycles. The van der Waals surface area contributed by atoms with Crippen LogP contribution in [0.1, 0.15) is 24.8 Å². The van der Waals surface area contributed by atoms with Gasteiger partial charge in [0.15, 0.2) is 0 Å². The van der Waals surface area contributed by atoms with Crippen LogP contribution in [0, 0.1) is 11.7 Å². The van der Waals surface area contributed by atoms with Crippen LogP contribution in [0.4, 0.5) is 4.39 Å². The summed E-state index contributed by atoms with van der Waals surface area (Å²) in [6.07, 6.45) is 0.883. The van der Waals surface area contributed by atoms with Gasteiger partial charge in [0, 0.05) is 31.8 Å². The number of hydrogen-bond donors (Lipinski definition) is 2. The summed E-state index contributed by atoms with van der Waals surface area (Å²) >= 11 is 0. The fourth-order valence-electron chi connectivity index (χ4n) is 4.19. The Labute approximate surface area is 192 Å². The molecule has 0 aliphatic carbocycles. The summed E-state index contributed by atoms with van der Waals surface area (Å²) in [4.78, 5) is 27.1. The number of carbonyl (C=O) groups excluding carboxylic acids is 2. The number of morpholine rings is 1. The Morgan fingerprint density at radius 3 is 2.64 bits per heavy atom. The molecule has 0 bridgehead atoms. The summed E-state index contributed by atoms with van der Waals surface area (Å²) in [5.74, 6) is -2.85. The van der Waals surface area contributed by atoms with Gasteiger partial charge in [-0.3, -0.25) is 14.8 Å². The van der Waals surface area contributed by atoms with Crippen LogP contribution in [0.5, 0.6) is 0 Å². The van der Waals surface area contributed by atoms with E-state index in [4.69, 9.17) is 9.47 Å². The maximum Gasteiger partial charge on any atom is 0.262 e. The second kappa shape index (κ2) is 11.8. The number of piperidine rings is 1. The second-order valence-corrected chi connectivity index (χ2v) is 10.1. The lowest BCUT2D eigenvalue weighted by atomic mass is 9.89. The minimum Gasteiger partial charge on any atom is -0.378 e. The van der Waals surface area contributed by atoms with Crippen LogP contribution in [-0.4, -0.2) is 85.9 Å². The molecule has 2 atom stereocenters. The van der Waals surface area contributed by atoms with E-state index in [-0.39, 0.29) is 37.8 Å². The van der Waals surface area contributed by atoms with Crippen LogP contribution in [0.3, 0.4) is 0 Å². The third kappa shape index (κ3) is 6.48. The average Bonchev–Trinajstić information content (AvgIpc) is 2.84. The Kier molecular flexibility index (Phi) is 9.15. The van der Waals surface area contributed by atoms with Crippen molar-refractivity contribution in [1.29, 1.82) is 0 Å². The first-order valence-corrected chi connectivity index (χ1v) is 12.6. The molecule has 2 fully saturated rings. The molecule has 2 N–H and O–H groups in total. The molecule has 2 aliphatic heterocycles. The number of ether oxygens (including phenoxy) is 2. The van der Waals surface area contributed by atoms with E-state index in [1.54, 1.807) is 23.1 Å². The van der Waals surface area contributed by atoms with E-state index >= 15 is 0 Å². The van der Waals surface area contributed by atoms with Crippen molar-refractivity contribution in [1.82, 2.24) is 14.7 Å². The first-order chi connectivity index (χ1) is 15.8. The monoisotopic (exact) mass is 487 g/mol. The molecule has 2 saturated heterocycles. The van der Waals surface area contributed by atoms with Crippen molar-refractivity contribution in [2.75, 3.05) is 45.2 Å². The molecule has 2 unspecified atom stereocenters. The molecule has 1 aromatic rings. The Hall–Kier alpha value is -2.12. The quantitative estimate of drug-likeness (QED) is 0.295. The minimum atomic E-state index is -3.93. The van der Waals surface area contributed by atoms with Crippen molar-refractivity contribution in [3.63, 3.8) is 0 Å². The van der Waals surface area contributed by atoms with Crippen molar-refractivity contribution in [3.05, 3.63) is 35.6 Å². The highest BCUT2D eigenvalue weighted by molar-refractivity contribution is 7.89. The van der Waals surface area contributed by atoms with Crippen LogP contribution in [-0.2, 0) is 35.7 Å². The Morgan fingerprint density at radius 2 is 1.94 bits per heavy atom. The minimum absolute atomic E-state index is 0.0160. The first-order valence-electron chi connectivity index (χ1n) is 11.0. The van der Waals surface area contributed by atoms with E-state index in [2.05, 4.69) is 0 Å². The maximum atomic E-state index is 13.6. The summed E-state index contributed by atoms with van der Waals surface area (Å²) in [5, 5.41) is 9.24. The van der Waals surface area contributed by atoms with Crippen LogP contribution in [0.15, 0.2) is 24.3 Å². The molecule has 3 rings (SSSR count). The van der Waals surface area contributed by atoms with Gasteiger partial charge in [0.05, 0.1) is 31.5 Å². The largest absolute Gasteiger partial charge is 0.378 e. The standard InChI is InChI=1S/C21H30FN3O7S/c22-18-7-2-1-5-16(18)15-32-11-4-14-33(29,30)25-8-3-6-17(19(25)20(26)23-28)21(27)24-9-12-31-13-10-24/h1-2,5,7,17,19,28H,3-4,6,8-15H2,(H,23,26). The Bertz CT molecular complexity index is 924. The Balaban J connectivity index is 1.62. The number of sulfonamides is 1. The van der Waals surface area contributed by atoms with Crippen LogP contribution < -0.4 is 5.48 Å². The summed E-state index contributed by atoms with van der Waals surface area (Å²) < 4.78 is 51.4. The smallest absolute Gasteiger partial charge is 0.262 e. The highest BCUT2D eigenvalue weighted by atomic mass is 32.2. The molecular formula is C21H30FN3O7S. The van der Waals surface area contributed by atoms with Crippen molar-refractivity contribution >= 4 is 21.8 Å². The molecule has 0 saturated carbocycles. The molecule has 1 aromatic carbocycles. The van der Waals surface area contributed by atoms with E-state index in [0.717, 1.165) is 4.31 Å². The van der Waals surface area contributed by atoms with Crippen molar-refractivity contribution in [2.24, 2.45) is 5.92 Å². The summed E-state index contributed by atoms with van der Waals surface area (Å²) in [6.45, 7) is 1.66. The van der Waals surface area contributed by atoms with Gasteiger partial charge in [-0.25, -0.2) is 18.3 Å². The summed E-state index contributed by atoms with van der Waals surface area (Å²) in [5.41, 5.74) is 1.90. The predicted octanol–water partition coefficient (Wildman–Crippen LogP) is 0.507. The van der Waals surface area contributed by atoms with E-state index in [9.17, 15) is 27.6 Å². The second-order valence-electron chi connectivity index (χ2n) is 8.03. The zero-order valence-electron chi connectivity index (χ0n) is 18.3. The van der Waals surface area contributed by atoms with Gasteiger partial charge < -0.3 is 14.4 Å².